The van der Waals surface area contributed by atoms with E-state index in [0.29, 0.717) is 0 Å². The van der Waals surface area contributed by atoms with E-state index in [-0.39, 0.29) is 55.1 Å². The van der Waals surface area contributed by atoms with E-state index >= 15 is 0 Å². The molecule has 0 fully saturated rings. The topological polar surface area (TPSA) is 69.2 Å². The maximum Gasteiger partial charge on any atom is 3.00 e. The molecule has 0 aliphatic heterocycles. The minimum absolute atomic E-state index is 0. The summed E-state index contributed by atoms with van der Waals surface area (Å²) >= 11 is 0. The van der Waals surface area contributed by atoms with Crippen LogP contribution in [0.4, 0.5) is 0 Å². The zero-order valence-corrected chi connectivity index (χ0v) is 5.77. The Hall–Kier alpha value is 1.74. The van der Waals surface area contributed by atoms with Gasteiger partial charge in [0.1, 0.15) is 0 Å². The van der Waals surface area contributed by atoms with Gasteiger partial charge in [-0.15, -0.1) is 0 Å². The molecule has 0 atom stereocenters. The first kappa shape index (κ1) is 15.6. The van der Waals surface area contributed by atoms with Crippen LogP contribution in [0.25, 0.3) is 0 Å². The maximum absolute atomic E-state index is 8.42. The summed E-state index contributed by atoms with van der Waals surface area (Å²) in [6, 6.07) is 0. The largest absolute Gasteiger partial charge is 3.00 e. The van der Waals surface area contributed by atoms with Crippen molar-refractivity contribution in [3.05, 3.63) is 0 Å². The average molecular weight is 251 g/mol. The molecule has 0 aromatic carbocycles. The molecule has 0 saturated heterocycles. The second-order valence-corrected chi connectivity index (χ2v) is 0.289. The van der Waals surface area contributed by atoms with Gasteiger partial charge in [0.2, 0.25) is 0 Å². The predicted octanol–water partition coefficient (Wildman–Crippen LogP) is -4.33. The van der Waals surface area contributed by atoms with Gasteiger partial charge in [-0.1, -0.05) is 0 Å². The fourth-order valence-electron chi connectivity index (χ4n) is 0. The molecule has 0 spiro atoms. The maximum atomic E-state index is 8.42. The molecular formula is AlBHoO3+3. The van der Waals surface area contributed by atoms with Crippen molar-refractivity contribution in [2.45, 2.75) is 0 Å². The molecular weight excluding hydrogens is 251 g/mol. The van der Waals surface area contributed by atoms with E-state index < -0.39 is 7.32 Å². The van der Waals surface area contributed by atoms with Crippen LogP contribution < -0.4 is 15.1 Å². The van der Waals surface area contributed by atoms with Crippen molar-refractivity contribution >= 4 is 24.7 Å². The molecule has 0 heterocycles. The molecule has 0 amide bonds. The molecule has 0 radical (unpaired) electrons. The summed E-state index contributed by atoms with van der Waals surface area (Å²) in [7, 11) is -2.92. The van der Waals surface area contributed by atoms with E-state index in [4.69, 9.17) is 15.1 Å². The van der Waals surface area contributed by atoms with E-state index in [0.717, 1.165) is 0 Å². The van der Waals surface area contributed by atoms with Crippen LogP contribution in [0.3, 0.4) is 0 Å². The van der Waals surface area contributed by atoms with E-state index in [1.807, 2.05) is 0 Å². The first-order valence-corrected chi connectivity index (χ1v) is 0.707. The van der Waals surface area contributed by atoms with Gasteiger partial charge in [-0.25, -0.2) is 0 Å². The Labute approximate surface area is 76.7 Å². The summed E-state index contributed by atoms with van der Waals surface area (Å²) < 4.78 is 0. The minimum atomic E-state index is -2.92. The number of hydrogen-bond donors (Lipinski definition) is 0. The summed E-state index contributed by atoms with van der Waals surface area (Å²) in [4.78, 5) is 0. The number of hydrogen-bond acceptors (Lipinski definition) is 3. The second kappa shape index (κ2) is 9.88. The SMILES string of the molecule is [Al+3].[Ho+3].[O-]B([O-])[O-]. The van der Waals surface area contributed by atoms with Crippen molar-refractivity contribution in [1.29, 1.82) is 0 Å². The Morgan fingerprint density at radius 2 is 1.00 bits per heavy atom. The zero-order valence-electron chi connectivity index (χ0n) is 2.68. The monoisotopic (exact) mass is 251 g/mol. The second-order valence-electron chi connectivity index (χ2n) is 0.289. The minimum Gasteiger partial charge on any atom is -0.907 e. The Kier molecular flexibility index (Phi) is 25.8. The Balaban J connectivity index is -0.0000000450. The quantitative estimate of drug-likeness (QED) is 0.408. The van der Waals surface area contributed by atoms with Crippen molar-refractivity contribution in [2.75, 3.05) is 0 Å². The van der Waals surface area contributed by atoms with Crippen LogP contribution in [0.2, 0.25) is 0 Å². The fraction of sp³-hybridized carbons (Fsp3) is 0. The van der Waals surface area contributed by atoms with Crippen LogP contribution in [0, 0.1) is 37.7 Å². The summed E-state index contributed by atoms with van der Waals surface area (Å²) in [5, 5.41) is 25.2. The van der Waals surface area contributed by atoms with Gasteiger partial charge in [0.15, 0.2) is 0 Å². The molecule has 32 valence electrons. The van der Waals surface area contributed by atoms with E-state index in [1.165, 1.54) is 0 Å². The third-order valence-corrected chi connectivity index (χ3v) is 0. The van der Waals surface area contributed by atoms with Crippen LogP contribution in [0.5, 0.6) is 0 Å². The van der Waals surface area contributed by atoms with Crippen molar-refractivity contribution in [2.24, 2.45) is 0 Å². The van der Waals surface area contributed by atoms with Gasteiger partial charge < -0.3 is 15.1 Å². The summed E-state index contributed by atoms with van der Waals surface area (Å²) in [5.74, 6) is 0. The number of rotatable bonds is 0. The normalized spacial score (nSPS) is 4.50. The van der Waals surface area contributed by atoms with Gasteiger partial charge in [-0.3, -0.25) is 7.32 Å². The van der Waals surface area contributed by atoms with Crippen molar-refractivity contribution < 1.29 is 52.8 Å². The van der Waals surface area contributed by atoms with Gasteiger partial charge in [0.25, 0.3) is 0 Å². The van der Waals surface area contributed by atoms with Crippen LogP contribution in [-0.2, 0) is 0 Å². The fourth-order valence-corrected chi connectivity index (χ4v) is 0. The molecule has 0 bridgehead atoms. The van der Waals surface area contributed by atoms with Gasteiger partial charge in [0.05, 0.1) is 0 Å². The molecule has 0 aliphatic rings. The Morgan fingerprint density at radius 3 is 1.00 bits per heavy atom. The Bertz CT molecular complexity index is 15.5. The van der Waals surface area contributed by atoms with E-state index in [9.17, 15) is 0 Å². The van der Waals surface area contributed by atoms with Crippen molar-refractivity contribution in [1.82, 2.24) is 0 Å². The van der Waals surface area contributed by atoms with Crippen LogP contribution in [0.15, 0.2) is 0 Å². The molecule has 0 saturated carbocycles. The molecule has 0 N–H and O–H groups in total. The molecule has 0 unspecified atom stereocenters. The predicted molar refractivity (Wildman–Crippen MR) is 11.5 cm³/mol. The third kappa shape index (κ3) is 42.7. The summed E-state index contributed by atoms with van der Waals surface area (Å²) in [5.41, 5.74) is 0. The zero-order chi connectivity index (χ0) is 3.58. The smallest absolute Gasteiger partial charge is 0.907 e. The Morgan fingerprint density at radius 1 is 1.00 bits per heavy atom. The van der Waals surface area contributed by atoms with Crippen LogP contribution in [-0.4, -0.2) is 24.7 Å². The molecule has 3 nitrogen and oxygen atoms in total. The van der Waals surface area contributed by atoms with E-state index in [1.54, 1.807) is 0 Å². The van der Waals surface area contributed by atoms with Crippen LogP contribution in [0.1, 0.15) is 0 Å². The molecule has 0 aliphatic carbocycles. The van der Waals surface area contributed by atoms with E-state index in [2.05, 4.69) is 0 Å². The molecule has 6 heteroatoms. The molecule has 0 aromatic rings. The van der Waals surface area contributed by atoms with Gasteiger partial charge in [0, 0.05) is 0 Å². The molecule has 0 rings (SSSR count). The first-order chi connectivity index (χ1) is 1.73. The first-order valence-electron chi connectivity index (χ1n) is 0.707. The third-order valence-electron chi connectivity index (χ3n) is 0. The van der Waals surface area contributed by atoms with Crippen molar-refractivity contribution in [3.63, 3.8) is 0 Å². The van der Waals surface area contributed by atoms with Gasteiger partial charge in [-0.2, -0.15) is 0 Å². The van der Waals surface area contributed by atoms with Gasteiger partial charge in [-0.05, 0) is 0 Å². The van der Waals surface area contributed by atoms with Crippen molar-refractivity contribution in [3.8, 4) is 0 Å². The van der Waals surface area contributed by atoms with Crippen LogP contribution >= 0.6 is 0 Å². The standard InChI is InChI=1S/Al.BO3.Ho/c;2-1(3)4;/q+3;-3;+3. The summed E-state index contributed by atoms with van der Waals surface area (Å²) in [6.07, 6.45) is 0. The summed E-state index contributed by atoms with van der Waals surface area (Å²) in [6.45, 7) is 0. The molecule has 0 aromatic heterocycles. The average Bonchev–Trinajstić information content (AvgIpc) is 0.811. The molecule has 6 heavy (non-hydrogen) atoms. The van der Waals surface area contributed by atoms with Gasteiger partial charge >= 0.3 is 55.1 Å².